The number of nitrogens with zero attached hydrogens (tertiary/aromatic N) is 1. The van der Waals surface area contributed by atoms with Crippen molar-refractivity contribution < 1.29 is 14.3 Å². The van der Waals surface area contributed by atoms with Crippen LogP contribution in [0.5, 0.6) is 0 Å². The summed E-state index contributed by atoms with van der Waals surface area (Å²) in [7, 11) is 0. The number of aryl methyl sites for hydroxylation is 3. The van der Waals surface area contributed by atoms with E-state index in [0.717, 1.165) is 22.7 Å². The lowest BCUT2D eigenvalue weighted by atomic mass is 10.1. The van der Waals surface area contributed by atoms with Crippen molar-refractivity contribution >= 4 is 11.7 Å². The summed E-state index contributed by atoms with van der Waals surface area (Å²) >= 11 is 0. The second-order valence-electron chi connectivity index (χ2n) is 4.49. The van der Waals surface area contributed by atoms with Crippen molar-refractivity contribution in [3.8, 4) is 0 Å². The second-order valence-corrected chi connectivity index (χ2v) is 4.49. The molecule has 0 aliphatic rings. The van der Waals surface area contributed by atoms with E-state index in [0.29, 0.717) is 12.4 Å². The van der Waals surface area contributed by atoms with Gasteiger partial charge in [0.25, 0.3) is 0 Å². The molecule has 2 N–H and O–H groups in total. The van der Waals surface area contributed by atoms with Gasteiger partial charge in [0, 0.05) is 12.6 Å². The van der Waals surface area contributed by atoms with E-state index < -0.39 is 5.97 Å². The molecule has 0 unspecified atom stereocenters. The van der Waals surface area contributed by atoms with Crippen LogP contribution in [0.3, 0.4) is 0 Å². The van der Waals surface area contributed by atoms with Gasteiger partial charge in [-0.15, -0.1) is 0 Å². The van der Waals surface area contributed by atoms with Gasteiger partial charge in [-0.25, -0.2) is 9.78 Å². The molecule has 0 aliphatic carbocycles. The Morgan fingerprint density at radius 1 is 1.32 bits per heavy atom. The normalized spacial score (nSPS) is 10.5. The Balaban J connectivity index is 2.15. The number of benzene rings is 1. The Bertz CT molecular complexity index is 617. The topological polar surface area (TPSA) is 75.4 Å². The van der Waals surface area contributed by atoms with E-state index in [1.54, 1.807) is 19.1 Å². The zero-order chi connectivity index (χ0) is 14.0. The number of anilines is 1. The molecule has 0 saturated carbocycles. The van der Waals surface area contributed by atoms with E-state index in [2.05, 4.69) is 10.3 Å². The maximum atomic E-state index is 11.0. The summed E-state index contributed by atoms with van der Waals surface area (Å²) in [5.41, 5.74) is 2.77. The molecule has 2 aromatic rings. The first-order chi connectivity index (χ1) is 8.95. The van der Waals surface area contributed by atoms with Crippen LogP contribution in [0.4, 0.5) is 5.69 Å². The van der Waals surface area contributed by atoms with Gasteiger partial charge in [-0.05, 0) is 37.6 Å². The summed E-state index contributed by atoms with van der Waals surface area (Å²) in [6.07, 6.45) is 0. The fraction of sp³-hybridized carbons (Fsp3) is 0.286. The van der Waals surface area contributed by atoms with Crippen molar-refractivity contribution in [2.45, 2.75) is 27.3 Å². The summed E-state index contributed by atoms with van der Waals surface area (Å²) < 4.78 is 5.45. The van der Waals surface area contributed by atoms with Crippen LogP contribution in [-0.2, 0) is 6.54 Å². The summed E-state index contributed by atoms with van der Waals surface area (Å²) in [6, 6.07) is 5.14. The Hall–Kier alpha value is -2.30. The molecule has 19 heavy (non-hydrogen) atoms. The van der Waals surface area contributed by atoms with Crippen molar-refractivity contribution in [3.05, 3.63) is 46.7 Å². The molecule has 2 rings (SSSR count). The van der Waals surface area contributed by atoms with Crippen LogP contribution in [0, 0.1) is 20.8 Å². The minimum absolute atomic E-state index is 0.271. The minimum atomic E-state index is -0.932. The molecule has 0 radical (unpaired) electrons. The molecule has 0 saturated heterocycles. The lowest BCUT2D eigenvalue weighted by molar-refractivity contribution is 0.0697. The Morgan fingerprint density at radius 2 is 2.05 bits per heavy atom. The molecule has 0 fully saturated rings. The van der Waals surface area contributed by atoms with Gasteiger partial charge in [-0.3, -0.25) is 0 Å². The van der Waals surface area contributed by atoms with Crippen molar-refractivity contribution in [2.24, 2.45) is 0 Å². The molecule has 0 aliphatic heterocycles. The maximum Gasteiger partial charge on any atom is 0.335 e. The lowest BCUT2D eigenvalue weighted by Gasteiger charge is -2.07. The molecule has 0 bridgehead atoms. The van der Waals surface area contributed by atoms with E-state index in [1.165, 1.54) is 0 Å². The van der Waals surface area contributed by atoms with Crippen molar-refractivity contribution in [3.63, 3.8) is 0 Å². The van der Waals surface area contributed by atoms with E-state index >= 15 is 0 Å². The fourth-order valence-corrected chi connectivity index (χ4v) is 1.93. The number of carboxylic acids is 1. The molecule has 1 heterocycles. The number of aromatic carboxylic acids is 1. The number of rotatable bonds is 4. The van der Waals surface area contributed by atoms with Crippen LogP contribution in [-0.4, -0.2) is 16.1 Å². The Morgan fingerprint density at radius 3 is 2.63 bits per heavy atom. The minimum Gasteiger partial charge on any atom is -0.478 e. The predicted octanol–water partition coefficient (Wildman–Crippen LogP) is 2.91. The number of oxazole rings is 1. The van der Waals surface area contributed by atoms with E-state index in [1.807, 2.05) is 19.9 Å². The number of hydrogen-bond acceptors (Lipinski definition) is 4. The van der Waals surface area contributed by atoms with Gasteiger partial charge in [0.15, 0.2) is 5.89 Å². The first-order valence-electron chi connectivity index (χ1n) is 5.97. The van der Waals surface area contributed by atoms with Crippen LogP contribution < -0.4 is 5.32 Å². The molecule has 0 atom stereocenters. The van der Waals surface area contributed by atoms with Gasteiger partial charge < -0.3 is 14.8 Å². The molecule has 5 nitrogen and oxygen atoms in total. The zero-order valence-electron chi connectivity index (χ0n) is 11.2. The highest BCUT2D eigenvalue weighted by Crippen LogP contribution is 2.17. The maximum absolute atomic E-state index is 11.0. The van der Waals surface area contributed by atoms with Crippen LogP contribution in [0.2, 0.25) is 0 Å². The first-order valence-corrected chi connectivity index (χ1v) is 5.97. The van der Waals surface area contributed by atoms with Crippen LogP contribution in [0.1, 0.15) is 33.3 Å². The lowest BCUT2D eigenvalue weighted by Crippen LogP contribution is -2.03. The summed E-state index contributed by atoms with van der Waals surface area (Å²) in [5, 5.41) is 12.2. The molecule has 1 aromatic heterocycles. The molecule has 0 amide bonds. The quantitative estimate of drug-likeness (QED) is 0.884. The van der Waals surface area contributed by atoms with E-state index in [4.69, 9.17) is 9.52 Å². The predicted molar refractivity (Wildman–Crippen MR) is 71.4 cm³/mol. The molecule has 100 valence electrons. The molecular formula is C14H16N2O3. The third-order valence-corrected chi connectivity index (χ3v) is 2.78. The highest BCUT2D eigenvalue weighted by molar-refractivity contribution is 5.89. The van der Waals surface area contributed by atoms with Crippen LogP contribution in [0.25, 0.3) is 0 Å². The number of hydrogen-bond donors (Lipinski definition) is 2. The van der Waals surface area contributed by atoms with E-state index in [-0.39, 0.29) is 5.56 Å². The van der Waals surface area contributed by atoms with Crippen molar-refractivity contribution in [1.82, 2.24) is 4.98 Å². The summed E-state index contributed by atoms with van der Waals surface area (Å²) in [6.45, 7) is 6.02. The molecular weight excluding hydrogens is 244 g/mol. The number of aromatic nitrogens is 1. The zero-order valence-corrected chi connectivity index (χ0v) is 11.2. The van der Waals surface area contributed by atoms with Gasteiger partial charge in [0.05, 0.1) is 17.8 Å². The van der Waals surface area contributed by atoms with Crippen LogP contribution >= 0.6 is 0 Å². The average Bonchev–Trinajstić information content (AvgIpc) is 2.64. The molecule has 0 spiro atoms. The second kappa shape index (κ2) is 5.14. The van der Waals surface area contributed by atoms with E-state index in [9.17, 15) is 4.79 Å². The third-order valence-electron chi connectivity index (χ3n) is 2.78. The number of carboxylic acid groups (broad SMARTS) is 1. The Labute approximate surface area is 111 Å². The summed E-state index contributed by atoms with van der Waals surface area (Å²) in [4.78, 5) is 15.2. The molecule has 5 heteroatoms. The highest BCUT2D eigenvalue weighted by Gasteiger charge is 2.08. The summed E-state index contributed by atoms with van der Waals surface area (Å²) in [5.74, 6) is 0.457. The van der Waals surface area contributed by atoms with Gasteiger partial charge in [-0.2, -0.15) is 0 Å². The average molecular weight is 260 g/mol. The third kappa shape index (κ3) is 3.13. The highest BCUT2D eigenvalue weighted by atomic mass is 16.4. The smallest absolute Gasteiger partial charge is 0.335 e. The standard InChI is InChI=1S/C14H16N2O3/c1-8-4-11(14(17)18)6-12(5-8)15-7-13-9(2)16-10(3)19-13/h4-6,15H,7H2,1-3H3,(H,17,18). The van der Waals surface area contributed by atoms with Gasteiger partial charge in [0.1, 0.15) is 5.76 Å². The number of nitrogens with one attached hydrogen (secondary N) is 1. The SMILES string of the molecule is Cc1cc(NCc2oc(C)nc2C)cc(C(=O)O)c1. The van der Waals surface area contributed by atoms with Crippen molar-refractivity contribution in [1.29, 1.82) is 0 Å². The fourth-order valence-electron chi connectivity index (χ4n) is 1.93. The van der Waals surface area contributed by atoms with Crippen LogP contribution in [0.15, 0.2) is 22.6 Å². The first kappa shape index (κ1) is 13.1. The monoisotopic (exact) mass is 260 g/mol. The van der Waals surface area contributed by atoms with Gasteiger partial charge >= 0.3 is 5.97 Å². The van der Waals surface area contributed by atoms with Gasteiger partial charge in [-0.1, -0.05) is 0 Å². The number of carbonyl (C=O) groups is 1. The van der Waals surface area contributed by atoms with Gasteiger partial charge in [0.2, 0.25) is 0 Å². The molecule has 1 aromatic carbocycles. The largest absolute Gasteiger partial charge is 0.478 e. The van der Waals surface area contributed by atoms with Crippen molar-refractivity contribution in [2.75, 3.05) is 5.32 Å². The Kier molecular flexibility index (Phi) is 3.55.